The first-order valence-electron chi connectivity index (χ1n) is 6.38. The standard InChI is InChI=1S/C14H22N2O3/c1-11(14(17)16-9-4-10-18-3)19-13-7-5-12(15-2)6-8-13/h5-8,11,15H,4,9-10H2,1-3H3,(H,16,17). The van der Waals surface area contributed by atoms with Gasteiger partial charge < -0.3 is 20.1 Å². The second kappa shape index (κ2) is 8.37. The van der Waals surface area contributed by atoms with Crippen LogP contribution in [0.25, 0.3) is 0 Å². The summed E-state index contributed by atoms with van der Waals surface area (Å²) in [7, 11) is 3.49. The van der Waals surface area contributed by atoms with Crippen LogP contribution >= 0.6 is 0 Å². The number of hydrogen-bond donors (Lipinski definition) is 2. The van der Waals surface area contributed by atoms with Crippen LogP contribution in [0.15, 0.2) is 24.3 Å². The van der Waals surface area contributed by atoms with Crippen molar-refractivity contribution in [1.29, 1.82) is 0 Å². The van der Waals surface area contributed by atoms with E-state index in [-0.39, 0.29) is 5.91 Å². The van der Waals surface area contributed by atoms with Gasteiger partial charge >= 0.3 is 0 Å². The molecule has 0 aliphatic carbocycles. The van der Waals surface area contributed by atoms with Gasteiger partial charge in [0.25, 0.3) is 5.91 Å². The molecule has 0 heterocycles. The summed E-state index contributed by atoms with van der Waals surface area (Å²) in [6, 6.07) is 7.47. The first kappa shape index (κ1) is 15.3. The molecule has 1 unspecified atom stereocenters. The number of hydrogen-bond acceptors (Lipinski definition) is 4. The Morgan fingerprint density at radius 3 is 2.58 bits per heavy atom. The molecule has 0 fully saturated rings. The van der Waals surface area contributed by atoms with Crippen molar-refractivity contribution < 1.29 is 14.3 Å². The topological polar surface area (TPSA) is 59.6 Å². The van der Waals surface area contributed by atoms with E-state index in [0.29, 0.717) is 18.9 Å². The molecule has 5 nitrogen and oxygen atoms in total. The van der Waals surface area contributed by atoms with E-state index in [2.05, 4.69) is 10.6 Å². The number of ether oxygens (including phenoxy) is 2. The highest BCUT2D eigenvalue weighted by atomic mass is 16.5. The van der Waals surface area contributed by atoms with Crippen LogP contribution in [-0.4, -0.2) is 39.3 Å². The lowest BCUT2D eigenvalue weighted by Crippen LogP contribution is -2.37. The summed E-state index contributed by atoms with van der Waals surface area (Å²) in [5.41, 5.74) is 1.00. The average Bonchev–Trinajstić information content (AvgIpc) is 2.44. The molecule has 0 radical (unpaired) electrons. The van der Waals surface area contributed by atoms with Gasteiger partial charge in [-0.15, -0.1) is 0 Å². The fraction of sp³-hybridized carbons (Fsp3) is 0.500. The minimum Gasteiger partial charge on any atom is -0.481 e. The third-order valence-electron chi connectivity index (χ3n) is 2.65. The van der Waals surface area contributed by atoms with Crippen molar-refractivity contribution in [2.45, 2.75) is 19.4 Å². The molecule has 0 aliphatic rings. The Morgan fingerprint density at radius 1 is 1.32 bits per heavy atom. The van der Waals surface area contributed by atoms with E-state index < -0.39 is 6.10 Å². The van der Waals surface area contributed by atoms with Gasteiger partial charge in [-0.1, -0.05) is 0 Å². The minimum absolute atomic E-state index is 0.117. The third kappa shape index (κ3) is 5.61. The zero-order chi connectivity index (χ0) is 14.1. The molecule has 0 spiro atoms. The fourth-order valence-corrected chi connectivity index (χ4v) is 1.53. The Morgan fingerprint density at radius 2 is 2.00 bits per heavy atom. The Kier molecular flexibility index (Phi) is 6.74. The number of amides is 1. The quantitative estimate of drug-likeness (QED) is 0.702. The van der Waals surface area contributed by atoms with Gasteiger partial charge in [0.2, 0.25) is 0 Å². The maximum atomic E-state index is 11.7. The lowest BCUT2D eigenvalue weighted by Gasteiger charge is -2.15. The Labute approximate surface area is 114 Å². The molecule has 19 heavy (non-hydrogen) atoms. The van der Waals surface area contributed by atoms with Crippen LogP contribution in [0.5, 0.6) is 5.75 Å². The molecule has 0 bridgehead atoms. The number of rotatable bonds is 8. The number of nitrogens with one attached hydrogen (secondary N) is 2. The number of carbonyl (C=O) groups excluding carboxylic acids is 1. The SMILES string of the molecule is CNc1ccc(OC(C)C(=O)NCCCOC)cc1. The number of benzene rings is 1. The highest BCUT2D eigenvalue weighted by Crippen LogP contribution is 2.16. The molecular formula is C14H22N2O3. The molecule has 1 aromatic rings. The van der Waals surface area contributed by atoms with E-state index in [1.165, 1.54) is 0 Å². The zero-order valence-corrected chi connectivity index (χ0v) is 11.7. The second-order valence-corrected chi connectivity index (χ2v) is 4.17. The van der Waals surface area contributed by atoms with Crippen molar-refractivity contribution in [1.82, 2.24) is 5.32 Å². The zero-order valence-electron chi connectivity index (χ0n) is 11.7. The summed E-state index contributed by atoms with van der Waals surface area (Å²) in [4.78, 5) is 11.7. The first-order chi connectivity index (χ1) is 9.17. The molecule has 1 aromatic carbocycles. The van der Waals surface area contributed by atoms with Crippen molar-refractivity contribution in [3.05, 3.63) is 24.3 Å². The van der Waals surface area contributed by atoms with Gasteiger partial charge in [-0.2, -0.15) is 0 Å². The van der Waals surface area contributed by atoms with Crippen LogP contribution in [0, 0.1) is 0 Å². The van der Waals surface area contributed by atoms with E-state index in [1.807, 2.05) is 31.3 Å². The van der Waals surface area contributed by atoms with E-state index in [4.69, 9.17) is 9.47 Å². The number of methoxy groups -OCH3 is 1. The number of anilines is 1. The largest absolute Gasteiger partial charge is 0.481 e. The molecule has 1 atom stereocenters. The minimum atomic E-state index is -0.511. The van der Waals surface area contributed by atoms with E-state index in [1.54, 1.807) is 14.0 Å². The molecule has 2 N–H and O–H groups in total. The molecule has 1 amide bonds. The van der Waals surface area contributed by atoms with Crippen molar-refractivity contribution >= 4 is 11.6 Å². The van der Waals surface area contributed by atoms with Crippen molar-refractivity contribution in [2.75, 3.05) is 32.6 Å². The van der Waals surface area contributed by atoms with Gasteiger partial charge in [-0.25, -0.2) is 0 Å². The van der Waals surface area contributed by atoms with Gasteiger partial charge in [0, 0.05) is 33.0 Å². The Hall–Kier alpha value is -1.75. The van der Waals surface area contributed by atoms with Crippen LogP contribution in [0.3, 0.4) is 0 Å². The normalized spacial score (nSPS) is 11.7. The van der Waals surface area contributed by atoms with Crippen LogP contribution in [0.4, 0.5) is 5.69 Å². The van der Waals surface area contributed by atoms with Crippen molar-refractivity contribution in [3.63, 3.8) is 0 Å². The summed E-state index contributed by atoms with van der Waals surface area (Å²) in [5, 5.41) is 5.83. The van der Waals surface area contributed by atoms with Gasteiger partial charge in [0.05, 0.1) is 0 Å². The first-order valence-corrected chi connectivity index (χ1v) is 6.38. The van der Waals surface area contributed by atoms with Crippen molar-refractivity contribution in [3.8, 4) is 5.75 Å². The Balaban J connectivity index is 2.35. The van der Waals surface area contributed by atoms with Crippen LogP contribution < -0.4 is 15.4 Å². The molecular weight excluding hydrogens is 244 g/mol. The van der Waals surface area contributed by atoms with E-state index in [0.717, 1.165) is 12.1 Å². The highest BCUT2D eigenvalue weighted by molar-refractivity contribution is 5.80. The summed E-state index contributed by atoms with van der Waals surface area (Å²) in [6.07, 6.45) is 0.286. The monoisotopic (exact) mass is 266 g/mol. The molecule has 0 aromatic heterocycles. The van der Waals surface area contributed by atoms with E-state index in [9.17, 15) is 4.79 Å². The molecule has 0 saturated heterocycles. The predicted molar refractivity (Wildman–Crippen MR) is 75.6 cm³/mol. The van der Waals surface area contributed by atoms with Crippen LogP contribution in [-0.2, 0) is 9.53 Å². The van der Waals surface area contributed by atoms with Crippen molar-refractivity contribution in [2.24, 2.45) is 0 Å². The van der Waals surface area contributed by atoms with Gasteiger partial charge in [-0.3, -0.25) is 4.79 Å². The van der Waals surface area contributed by atoms with Gasteiger partial charge in [0.1, 0.15) is 5.75 Å². The fourth-order valence-electron chi connectivity index (χ4n) is 1.53. The molecule has 0 saturated carbocycles. The molecule has 0 aliphatic heterocycles. The Bertz CT molecular complexity index is 379. The van der Waals surface area contributed by atoms with Crippen LogP contribution in [0.2, 0.25) is 0 Å². The molecule has 5 heteroatoms. The van der Waals surface area contributed by atoms with Gasteiger partial charge in [-0.05, 0) is 37.6 Å². The average molecular weight is 266 g/mol. The summed E-state index contributed by atoms with van der Waals surface area (Å²) >= 11 is 0. The van der Waals surface area contributed by atoms with E-state index >= 15 is 0 Å². The third-order valence-corrected chi connectivity index (χ3v) is 2.65. The maximum Gasteiger partial charge on any atom is 0.260 e. The lowest BCUT2D eigenvalue weighted by molar-refractivity contribution is -0.127. The number of carbonyl (C=O) groups is 1. The summed E-state index contributed by atoms with van der Waals surface area (Å²) in [5.74, 6) is 0.562. The smallest absolute Gasteiger partial charge is 0.260 e. The molecule has 1 rings (SSSR count). The summed E-state index contributed by atoms with van der Waals surface area (Å²) in [6.45, 7) is 2.97. The lowest BCUT2D eigenvalue weighted by atomic mass is 10.3. The predicted octanol–water partition coefficient (Wildman–Crippen LogP) is 1.65. The maximum absolute atomic E-state index is 11.7. The van der Waals surface area contributed by atoms with Crippen LogP contribution in [0.1, 0.15) is 13.3 Å². The molecule has 106 valence electrons. The highest BCUT2D eigenvalue weighted by Gasteiger charge is 2.13. The summed E-state index contributed by atoms with van der Waals surface area (Å²) < 4.78 is 10.5. The second-order valence-electron chi connectivity index (χ2n) is 4.17. The van der Waals surface area contributed by atoms with Gasteiger partial charge in [0.15, 0.2) is 6.10 Å².